The number of ether oxygens (including phenoxy) is 5. The van der Waals surface area contributed by atoms with E-state index in [-0.39, 0.29) is 43.7 Å². The van der Waals surface area contributed by atoms with Gasteiger partial charge >= 0.3 is 5.97 Å². The van der Waals surface area contributed by atoms with E-state index in [0.29, 0.717) is 12.8 Å². The number of carboxylic acids is 1. The van der Waals surface area contributed by atoms with E-state index >= 15 is 0 Å². The maximum atomic E-state index is 13.3. The molecule has 2 saturated carbocycles. The molecular formula is C34H59N3O14. The monoisotopic (exact) mass is 733 g/mol. The lowest BCUT2D eigenvalue weighted by molar-refractivity contribution is -0.338. The van der Waals surface area contributed by atoms with Crippen LogP contribution in [0.1, 0.15) is 78.6 Å². The summed E-state index contributed by atoms with van der Waals surface area (Å²) in [5.41, 5.74) is 5.62. The lowest BCUT2D eigenvalue weighted by Gasteiger charge is -2.49. The Labute approximate surface area is 298 Å². The standard InChI is InChI=1S/C34H59N3O14/c1-4-19-13-20(31(44)36-11-10-35)14-21(29(19)51-34-28(43)27(42)25(40)16(2)47-34)49-33-24(37-17(3)39)30(26(41)23(15-38)50-33)48-22(32(45)46)12-18-8-6-5-7-9-18/h16,18-30,33-34,38,40-43H,4-15,35H2,1-3H3,(H,36,44)(H,37,39)(H,45,46)/t16-,19?,20?,21-,22+,23?,24?,25?,26+,27?,28+,29?,30?,33-,34?/m1/s1. The van der Waals surface area contributed by atoms with E-state index < -0.39 is 104 Å². The molecule has 0 bridgehead atoms. The molecular weight excluding hydrogens is 674 g/mol. The predicted molar refractivity (Wildman–Crippen MR) is 178 cm³/mol. The highest BCUT2D eigenvalue weighted by molar-refractivity contribution is 5.78. The van der Waals surface area contributed by atoms with Crippen molar-refractivity contribution in [2.24, 2.45) is 23.5 Å². The number of carbonyl (C=O) groups is 3. The van der Waals surface area contributed by atoms with E-state index in [2.05, 4.69) is 10.6 Å². The van der Waals surface area contributed by atoms with E-state index in [1.165, 1.54) is 13.8 Å². The minimum absolute atomic E-state index is 0.0606. The topological polar surface area (TPSA) is 269 Å². The summed E-state index contributed by atoms with van der Waals surface area (Å²) < 4.78 is 30.8. The van der Waals surface area contributed by atoms with Crippen molar-refractivity contribution in [2.75, 3.05) is 19.7 Å². The van der Waals surface area contributed by atoms with Crippen molar-refractivity contribution in [3.63, 3.8) is 0 Å². The molecule has 4 rings (SSSR count). The third kappa shape index (κ3) is 10.6. The van der Waals surface area contributed by atoms with Crippen molar-refractivity contribution in [1.29, 1.82) is 0 Å². The summed E-state index contributed by atoms with van der Waals surface area (Å²) in [6, 6.07) is -1.27. The largest absolute Gasteiger partial charge is 0.479 e. The summed E-state index contributed by atoms with van der Waals surface area (Å²) in [6.07, 6.45) is -9.92. The molecule has 17 nitrogen and oxygen atoms in total. The highest BCUT2D eigenvalue weighted by Gasteiger charge is 2.52. The molecule has 9 unspecified atom stereocenters. The van der Waals surface area contributed by atoms with Gasteiger partial charge in [0.25, 0.3) is 0 Å². The zero-order valence-electron chi connectivity index (χ0n) is 29.7. The first kappa shape index (κ1) is 41.7. The van der Waals surface area contributed by atoms with Crippen LogP contribution < -0.4 is 16.4 Å². The van der Waals surface area contributed by atoms with Crippen molar-refractivity contribution >= 4 is 17.8 Å². The van der Waals surface area contributed by atoms with Gasteiger partial charge in [0.1, 0.15) is 42.7 Å². The fraction of sp³-hybridized carbons (Fsp3) is 0.912. The second-order valence-electron chi connectivity index (χ2n) is 14.5. The predicted octanol–water partition coefficient (Wildman–Crippen LogP) is -1.51. The number of aliphatic hydroxyl groups excluding tert-OH is 5. The highest BCUT2D eigenvalue weighted by Crippen LogP contribution is 2.40. The Morgan fingerprint density at radius 1 is 0.922 bits per heavy atom. The second kappa shape index (κ2) is 19.3. The summed E-state index contributed by atoms with van der Waals surface area (Å²) >= 11 is 0. The fourth-order valence-corrected chi connectivity index (χ4v) is 7.92. The molecule has 4 aliphatic rings. The van der Waals surface area contributed by atoms with Gasteiger partial charge in [0, 0.05) is 25.9 Å². The first-order chi connectivity index (χ1) is 24.3. The lowest BCUT2D eigenvalue weighted by atomic mass is 9.75. The normalized spacial score (nSPS) is 39.9. The second-order valence-corrected chi connectivity index (χ2v) is 14.5. The van der Waals surface area contributed by atoms with Crippen LogP contribution in [0.15, 0.2) is 0 Å². The Bertz CT molecular complexity index is 1130. The smallest absolute Gasteiger partial charge is 0.332 e. The maximum absolute atomic E-state index is 13.3. The van der Waals surface area contributed by atoms with Crippen molar-refractivity contribution in [3.8, 4) is 0 Å². The Balaban J connectivity index is 1.66. The van der Waals surface area contributed by atoms with E-state index in [4.69, 9.17) is 29.4 Å². The number of hydrogen-bond donors (Lipinski definition) is 9. The minimum Gasteiger partial charge on any atom is -0.479 e. The van der Waals surface area contributed by atoms with Crippen LogP contribution in [0.25, 0.3) is 0 Å². The molecule has 2 heterocycles. The van der Waals surface area contributed by atoms with Crippen molar-refractivity contribution in [3.05, 3.63) is 0 Å². The number of carbonyl (C=O) groups excluding carboxylic acids is 2. The number of rotatable bonds is 15. The average Bonchev–Trinajstić information content (AvgIpc) is 3.11. The first-order valence-corrected chi connectivity index (χ1v) is 18.4. The van der Waals surface area contributed by atoms with Crippen LogP contribution in [0, 0.1) is 17.8 Å². The first-order valence-electron chi connectivity index (χ1n) is 18.4. The molecule has 0 spiro atoms. The minimum atomic E-state index is -1.62. The van der Waals surface area contributed by atoms with Gasteiger partial charge < -0.3 is 70.7 Å². The molecule has 10 N–H and O–H groups in total. The van der Waals surface area contributed by atoms with Crippen molar-refractivity contribution in [2.45, 2.75) is 158 Å². The van der Waals surface area contributed by atoms with E-state index in [1.54, 1.807) is 0 Å². The van der Waals surface area contributed by atoms with Crippen LogP contribution in [-0.2, 0) is 38.1 Å². The Kier molecular flexibility index (Phi) is 15.8. The average molecular weight is 734 g/mol. The molecule has 2 aliphatic heterocycles. The Morgan fingerprint density at radius 3 is 2.24 bits per heavy atom. The molecule has 51 heavy (non-hydrogen) atoms. The van der Waals surface area contributed by atoms with Crippen LogP contribution in [0.2, 0.25) is 0 Å². The summed E-state index contributed by atoms with van der Waals surface area (Å²) in [4.78, 5) is 38.3. The highest BCUT2D eigenvalue weighted by atomic mass is 16.7. The molecule has 2 amide bonds. The van der Waals surface area contributed by atoms with Crippen molar-refractivity contribution < 1.29 is 68.7 Å². The van der Waals surface area contributed by atoms with Gasteiger partial charge in [0.2, 0.25) is 11.8 Å². The molecule has 4 fully saturated rings. The molecule has 17 heteroatoms. The molecule has 15 atom stereocenters. The van der Waals surface area contributed by atoms with Crippen molar-refractivity contribution in [1.82, 2.24) is 10.6 Å². The number of aliphatic hydroxyl groups is 5. The molecule has 294 valence electrons. The SMILES string of the molecule is CCC1CC(C(=O)NCCN)C[C@@H](O[C@@H]2OC(CO)[C@H](O)C(O[C@@H](CC3CCCCC3)C(=O)O)C2NC(C)=O)C1OC1O[C@H](C)C(O)C(O)[C@@H]1O. The van der Waals surface area contributed by atoms with Gasteiger partial charge in [-0.15, -0.1) is 0 Å². The van der Waals surface area contributed by atoms with E-state index in [1.807, 2.05) is 6.92 Å². The number of nitrogens with two attached hydrogens (primary N) is 1. The quantitative estimate of drug-likeness (QED) is 0.0926. The molecule has 0 aromatic carbocycles. The van der Waals surface area contributed by atoms with Gasteiger partial charge in [-0.1, -0.05) is 45.4 Å². The molecule has 0 aromatic heterocycles. The number of carboxylic acid groups (broad SMARTS) is 1. The molecule has 2 aliphatic carbocycles. The van der Waals surface area contributed by atoms with Gasteiger partial charge in [-0.2, -0.15) is 0 Å². The summed E-state index contributed by atoms with van der Waals surface area (Å²) in [6.45, 7) is 4.41. The van der Waals surface area contributed by atoms with Gasteiger partial charge in [-0.05, 0) is 38.0 Å². The zero-order chi connectivity index (χ0) is 37.4. The van der Waals surface area contributed by atoms with E-state index in [9.17, 15) is 45.0 Å². The Hall–Kier alpha value is -2.03. The van der Waals surface area contributed by atoms with Crippen LogP contribution in [0.3, 0.4) is 0 Å². The lowest BCUT2D eigenvalue weighted by Crippen LogP contribution is -2.67. The number of hydrogen-bond acceptors (Lipinski definition) is 14. The Morgan fingerprint density at radius 2 is 1.63 bits per heavy atom. The third-order valence-electron chi connectivity index (χ3n) is 10.8. The summed E-state index contributed by atoms with van der Waals surface area (Å²) in [7, 11) is 0. The van der Waals surface area contributed by atoms with Gasteiger partial charge in [0.15, 0.2) is 18.7 Å². The van der Waals surface area contributed by atoms with E-state index in [0.717, 1.165) is 32.1 Å². The number of nitrogens with one attached hydrogen (secondary N) is 2. The van der Waals surface area contributed by atoms with Gasteiger partial charge in [0.05, 0.1) is 24.9 Å². The van der Waals surface area contributed by atoms with Crippen LogP contribution in [0.4, 0.5) is 0 Å². The van der Waals surface area contributed by atoms with Crippen LogP contribution in [-0.4, -0.2) is 148 Å². The zero-order valence-corrected chi connectivity index (χ0v) is 29.7. The number of aliphatic carboxylic acids is 1. The summed E-state index contributed by atoms with van der Waals surface area (Å²) in [5, 5.41) is 68.8. The third-order valence-corrected chi connectivity index (χ3v) is 10.8. The summed E-state index contributed by atoms with van der Waals surface area (Å²) in [5.74, 6) is -2.91. The fourth-order valence-electron chi connectivity index (χ4n) is 7.92. The van der Waals surface area contributed by atoms with Crippen LogP contribution >= 0.6 is 0 Å². The molecule has 0 aromatic rings. The molecule has 0 radical (unpaired) electrons. The number of amides is 2. The van der Waals surface area contributed by atoms with Gasteiger partial charge in [-0.25, -0.2) is 4.79 Å². The van der Waals surface area contributed by atoms with Gasteiger partial charge in [-0.3, -0.25) is 9.59 Å². The maximum Gasteiger partial charge on any atom is 0.332 e. The van der Waals surface area contributed by atoms with Crippen LogP contribution in [0.5, 0.6) is 0 Å². The molecule has 2 saturated heterocycles.